The number of ether oxygens (including phenoxy) is 1. The molecule has 0 fully saturated rings. The maximum Gasteiger partial charge on any atom is 0.256 e. The van der Waals surface area contributed by atoms with Crippen molar-refractivity contribution in [3.05, 3.63) is 314 Å². The minimum Gasteiger partial charge on any atom is -0.458 e. The second-order valence-corrected chi connectivity index (χ2v) is 30.5. The molecule has 14 aromatic carbocycles. The maximum absolute atomic E-state index is 7.73. The van der Waals surface area contributed by atoms with Gasteiger partial charge in [0.25, 0.3) is 6.71 Å². The van der Waals surface area contributed by atoms with Crippen LogP contribution < -0.4 is 26.0 Å². The van der Waals surface area contributed by atoms with Gasteiger partial charge in [-0.3, -0.25) is 0 Å². The minimum absolute atomic E-state index is 0.204. The van der Waals surface area contributed by atoms with Crippen LogP contribution in [0.4, 0.5) is 17.1 Å². The van der Waals surface area contributed by atoms with Crippen molar-refractivity contribution in [1.29, 1.82) is 0 Å². The normalized spacial score (nSPS) is 12.7. The topological polar surface area (TPSA) is 12.5 Å². The fourth-order valence-electron chi connectivity index (χ4n) is 15.3. The van der Waals surface area contributed by atoms with E-state index >= 15 is 0 Å². The Kier molecular flexibility index (Phi) is 13.9. The number of benzene rings is 14. The molecule has 0 saturated heterocycles. The quantitative estimate of drug-likeness (QED) is 0.134. The predicted molar refractivity (Wildman–Crippen MR) is 419 cm³/mol. The number of nitrogens with zero attached hydrogens (tertiary/aromatic N) is 1. The SMILES string of the molecule is CC(C)(C)c1cc(-c2cccc3sc4ccccc4c23)c(N2c3cc(C(C)(C)C)ccc3B3c4cc(-c5cc(-c6ccccc6)cc(-c6ccccc6)c5)ccc4Oc4cc(-c5cc(-c6ccccc6)cc(-c6ccccc6)c5)cc2c43)c(-c2cccc3sc4ccccc4c23)c1. The Morgan fingerprint density at radius 1 is 0.289 bits per heavy atom. The Labute approximate surface area is 576 Å². The first-order valence-electron chi connectivity index (χ1n) is 33.8. The molecule has 16 aromatic rings. The van der Waals surface area contributed by atoms with Crippen molar-refractivity contribution >= 4 is 103 Å². The lowest BCUT2D eigenvalue weighted by atomic mass is 9.34. The first kappa shape index (κ1) is 58.7. The summed E-state index contributed by atoms with van der Waals surface area (Å²) in [6, 6.07) is 114. The van der Waals surface area contributed by atoms with Crippen LogP contribution in [-0.4, -0.2) is 6.71 Å². The molecule has 0 bridgehead atoms. The van der Waals surface area contributed by atoms with Gasteiger partial charge in [0, 0.05) is 62.8 Å². The van der Waals surface area contributed by atoms with Crippen molar-refractivity contribution in [2.24, 2.45) is 0 Å². The molecule has 2 nitrogen and oxygen atoms in total. The number of thiophene rings is 2. The molecule has 2 aliphatic heterocycles. The average molecular weight is 1280 g/mol. The van der Waals surface area contributed by atoms with Crippen LogP contribution in [-0.2, 0) is 10.8 Å². The highest BCUT2D eigenvalue weighted by Gasteiger charge is 2.44. The van der Waals surface area contributed by atoms with Gasteiger partial charge in [-0.2, -0.15) is 0 Å². The molecule has 2 aromatic heterocycles. The average Bonchev–Trinajstić information content (AvgIpc) is 1.14. The molecule has 0 radical (unpaired) electrons. The van der Waals surface area contributed by atoms with Gasteiger partial charge in [0.15, 0.2) is 0 Å². The van der Waals surface area contributed by atoms with E-state index in [1.54, 1.807) is 0 Å². The third kappa shape index (κ3) is 10.1. The molecule has 4 heterocycles. The number of fused-ring (bicyclic) bond motifs is 10. The molecule has 0 aliphatic carbocycles. The molecular weight excluding hydrogens is 1210 g/mol. The number of hydrogen-bond donors (Lipinski definition) is 0. The molecule has 0 amide bonds. The van der Waals surface area contributed by atoms with Gasteiger partial charge in [-0.1, -0.05) is 248 Å². The van der Waals surface area contributed by atoms with Crippen LogP contribution in [0.15, 0.2) is 303 Å². The van der Waals surface area contributed by atoms with Crippen molar-refractivity contribution in [3.8, 4) is 101 Å². The summed E-state index contributed by atoms with van der Waals surface area (Å²) in [6.45, 7) is 14.0. The van der Waals surface area contributed by atoms with Crippen LogP contribution in [0.5, 0.6) is 11.5 Å². The van der Waals surface area contributed by atoms with Crippen LogP contribution in [0, 0.1) is 0 Å². The molecule has 97 heavy (non-hydrogen) atoms. The largest absolute Gasteiger partial charge is 0.458 e. The zero-order valence-electron chi connectivity index (χ0n) is 55.1. The summed E-state index contributed by atoms with van der Waals surface area (Å²) in [5, 5.41) is 5.09. The van der Waals surface area contributed by atoms with E-state index in [2.05, 4.69) is 350 Å². The Balaban J connectivity index is 0.979. The van der Waals surface area contributed by atoms with E-state index in [1.807, 2.05) is 22.7 Å². The lowest BCUT2D eigenvalue weighted by Gasteiger charge is -2.43. The second-order valence-electron chi connectivity index (χ2n) is 28.3. The molecule has 0 saturated carbocycles. The molecule has 462 valence electrons. The summed E-state index contributed by atoms with van der Waals surface area (Å²) in [5.74, 6) is 1.71. The van der Waals surface area contributed by atoms with E-state index in [-0.39, 0.29) is 17.5 Å². The zero-order valence-corrected chi connectivity index (χ0v) is 56.7. The Morgan fingerprint density at radius 2 is 0.711 bits per heavy atom. The first-order chi connectivity index (χ1) is 47.3. The second kappa shape index (κ2) is 23.0. The van der Waals surface area contributed by atoms with Gasteiger partial charge in [0.05, 0.1) is 5.69 Å². The zero-order chi connectivity index (χ0) is 65.3. The van der Waals surface area contributed by atoms with Gasteiger partial charge in [-0.15, -0.1) is 22.7 Å². The third-order valence-corrected chi connectivity index (χ3v) is 22.5. The smallest absolute Gasteiger partial charge is 0.256 e. The maximum atomic E-state index is 7.73. The van der Waals surface area contributed by atoms with Crippen molar-refractivity contribution in [1.82, 2.24) is 0 Å². The fourth-order valence-corrected chi connectivity index (χ4v) is 17.6. The number of rotatable bonds is 9. The van der Waals surface area contributed by atoms with Gasteiger partial charge in [0.2, 0.25) is 0 Å². The van der Waals surface area contributed by atoms with Crippen molar-refractivity contribution < 1.29 is 4.74 Å². The summed E-state index contributed by atoms with van der Waals surface area (Å²) < 4.78 is 12.8. The van der Waals surface area contributed by atoms with Crippen molar-refractivity contribution in [2.45, 2.75) is 52.4 Å². The van der Waals surface area contributed by atoms with E-state index < -0.39 is 0 Å². The molecule has 0 N–H and O–H groups in total. The van der Waals surface area contributed by atoms with Crippen molar-refractivity contribution in [3.63, 3.8) is 0 Å². The van der Waals surface area contributed by atoms with Gasteiger partial charge < -0.3 is 9.64 Å². The molecule has 18 rings (SSSR count). The third-order valence-electron chi connectivity index (χ3n) is 20.2. The van der Waals surface area contributed by atoms with E-state index in [0.29, 0.717) is 0 Å². The van der Waals surface area contributed by atoms with E-state index in [0.717, 1.165) is 84.0 Å². The standard InChI is InChI=1S/C92H68BNOS2/c1-91(2,3)69-42-43-77-79(56-69)94(90-75(71-35-23-39-85-87(71)73-33-19-21-37-83(73)96-85)54-70(92(4,5)6)55-76(90)72-36-24-40-86-88(72)74-34-20-22-38-84(74)97-86)80-52-68(67-49-64(59-29-15-9-16-30-59)46-65(50-67)60-31-17-10-18-32-60)53-82-89(80)93(77)78-51-61(41-44-81(78)95-82)66-47-62(57-25-11-7-12-26-57)45-63(48-66)58-27-13-8-14-28-58/h7-56H,1-6H3. The molecule has 2 aliphatic rings. The fraction of sp³-hybridized carbons (Fsp3) is 0.0870. The summed E-state index contributed by atoms with van der Waals surface area (Å²) in [4.78, 5) is 2.72. The van der Waals surface area contributed by atoms with Crippen LogP contribution in [0.1, 0.15) is 52.7 Å². The lowest BCUT2D eigenvalue weighted by molar-refractivity contribution is 0.488. The van der Waals surface area contributed by atoms with E-state index in [1.165, 1.54) is 101 Å². The predicted octanol–water partition coefficient (Wildman–Crippen LogP) is 24.8. The van der Waals surface area contributed by atoms with Crippen LogP contribution in [0.25, 0.3) is 129 Å². The van der Waals surface area contributed by atoms with E-state index in [4.69, 9.17) is 4.74 Å². The summed E-state index contributed by atoms with van der Waals surface area (Å²) in [7, 11) is 0. The Hall–Kier alpha value is -10.8. The lowest BCUT2D eigenvalue weighted by Crippen LogP contribution is -2.59. The highest BCUT2D eigenvalue weighted by Crippen LogP contribution is 2.56. The summed E-state index contributed by atoms with van der Waals surface area (Å²) >= 11 is 3.77. The van der Waals surface area contributed by atoms with Gasteiger partial charge in [-0.05, 0) is 213 Å². The molecule has 0 unspecified atom stereocenters. The molecule has 0 spiro atoms. The minimum atomic E-state index is -0.238. The first-order valence-corrected chi connectivity index (χ1v) is 35.4. The Morgan fingerprint density at radius 3 is 1.19 bits per heavy atom. The molecular formula is C92H68BNOS2. The monoisotopic (exact) mass is 1280 g/mol. The molecule has 0 atom stereocenters. The van der Waals surface area contributed by atoms with Crippen LogP contribution >= 0.6 is 22.7 Å². The highest BCUT2D eigenvalue weighted by molar-refractivity contribution is 7.26. The van der Waals surface area contributed by atoms with Crippen molar-refractivity contribution in [2.75, 3.05) is 4.90 Å². The van der Waals surface area contributed by atoms with Gasteiger partial charge >= 0.3 is 0 Å². The van der Waals surface area contributed by atoms with Crippen LogP contribution in [0.2, 0.25) is 0 Å². The van der Waals surface area contributed by atoms with Gasteiger partial charge in [0.1, 0.15) is 11.5 Å². The summed E-state index contributed by atoms with van der Waals surface area (Å²) in [5.41, 5.74) is 27.6. The number of hydrogen-bond acceptors (Lipinski definition) is 4. The number of anilines is 3. The summed E-state index contributed by atoms with van der Waals surface area (Å²) in [6.07, 6.45) is 0. The van der Waals surface area contributed by atoms with Gasteiger partial charge in [-0.25, -0.2) is 0 Å². The van der Waals surface area contributed by atoms with Crippen LogP contribution in [0.3, 0.4) is 0 Å². The highest BCUT2D eigenvalue weighted by atomic mass is 32.1. The molecule has 5 heteroatoms. The van der Waals surface area contributed by atoms with E-state index in [9.17, 15) is 0 Å². The Bertz CT molecular complexity index is 5560.